The van der Waals surface area contributed by atoms with Crippen molar-refractivity contribution in [3.63, 3.8) is 0 Å². The van der Waals surface area contributed by atoms with E-state index in [4.69, 9.17) is 5.73 Å². The van der Waals surface area contributed by atoms with E-state index in [9.17, 15) is 0 Å². The van der Waals surface area contributed by atoms with Gasteiger partial charge in [-0.25, -0.2) is 4.98 Å². The molecule has 0 aliphatic carbocycles. The van der Waals surface area contributed by atoms with Crippen molar-refractivity contribution in [3.8, 4) is 0 Å². The van der Waals surface area contributed by atoms with Crippen molar-refractivity contribution in [1.29, 1.82) is 0 Å². The fourth-order valence-electron chi connectivity index (χ4n) is 0.703. The molecule has 2 nitrogen and oxygen atoms in total. The lowest BCUT2D eigenvalue weighted by Gasteiger charge is -2.02. The average Bonchev–Trinajstić information content (AvgIpc) is 1.93. The third kappa shape index (κ3) is 2.80. The van der Waals surface area contributed by atoms with Crippen molar-refractivity contribution < 1.29 is 0 Å². The molecule has 0 aliphatic rings. The van der Waals surface area contributed by atoms with Crippen LogP contribution in [0.3, 0.4) is 0 Å². The zero-order valence-electron chi connectivity index (χ0n) is 6.74. The molecule has 0 saturated heterocycles. The summed E-state index contributed by atoms with van der Waals surface area (Å²) >= 11 is 1.74. The minimum absolute atomic E-state index is 0.575. The van der Waals surface area contributed by atoms with Gasteiger partial charge < -0.3 is 5.73 Å². The fourth-order valence-corrected chi connectivity index (χ4v) is 1.45. The van der Waals surface area contributed by atoms with Gasteiger partial charge in [-0.1, -0.05) is 13.8 Å². The Balaban J connectivity index is 2.66. The molecule has 0 radical (unpaired) electrons. The van der Waals surface area contributed by atoms with Crippen LogP contribution in [0.25, 0.3) is 0 Å². The van der Waals surface area contributed by atoms with E-state index < -0.39 is 0 Å². The summed E-state index contributed by atoms with van der Waals surface area (Å²) in [4.78, 5) is 4.16. The first-order chi connectivity index (χ1) is 5.18. The monoisotopic (exact) mass is 168 g/mol. The highest BCUT2D eigenvalue weighted by atomic mass is 32.2. The second-order valence-corrected chi connectivity index (χ2v) is 4.19. The molecule has 0 saturated carbocycles. The Morgan fingerprint density at radius 1 is 1.45 bits per heavy atom. The molecular weight excluding hydrogens is 156 g/mol. The second kappa shape index (κ2) is 3.62. The van der Waals surface area contributed by atoms with Gasteiger partial charge in [-0.15, -0.1) is 11.8 Å². The van der Waals surface area contributed by atoms with Crippen LogP contribution in [0.4, 0.5) is 5.69 Å². The number of hydrogen-bond donors (Lipinski definition) is 1. The van der Waals surface area contributed by atoms with Crippen molar-refractivity contribution >= 4 is 17.4 Å². The molecule has 0 fully saturated rings. The first-order valence-corrected chi connectivity index (χ1v) is 4.44. The summed E-state index contributed by atoms with van der Waals surface area (Å²) in [5.74, 6) is 0. The van der Waals surface area contributed by atoms with Crippen LogP contribution in [0.2, 0.25) is 0 Å². The second-order valence-electron chi connectivity index (χ2n) is 2.60. The van der Waals surface area contributed by atoms with Gasteiger partial charge in [-0.05, 0) is 12.1 Å². The highest BCUT2D eigenvalue weighted by Crippen LogP contribution is 2.20. The Labute approximate surface area is 71.2 Å². The van der Waals surface area contributed by atoms with E-state index in [0.717, 1.165) is 10.7 Å². The molecule has 1 aromatic rings. The summed E-state index contributed by atoms with van der Waals surface area (Å²) in [6.07, 6.45) is 1.69. The maximum atomic E-state index is 5.49. The molecule has 0 spiro atoms. The lowest BCUT2D eigenvalue weighted by Crippen LogP contribution is -1.90. The zero-order valence-corrected chi connectivity index (χ0v) is 7.56. The number of anilines is 1. The van der Waals surface area contributed by atoms with Gasteiger partial charge in [0.1, 0.15) is 0 Å². The third-order valence-corrected chi connectivity index (χ3v) is 2.07. The van der Waals surface area contributed by atoms with Crippen molar-refractivity contribution in [2.24, 2.45) is 0 Å². The first-order valence-electron chi connectivity index (χ1n) is 3.56. The number of rotatable bonds is 2. The summed E-state index contributed by atoms with van der Waals surface area (Å²) in [6.45, 7) is 4.28. The molecule has 1 rings (SSSR count). The molecule has 0 unspecified atom stereocenters. The number of nitrogens with two attached hydrogens (primary N) is 1. The van der Waals surface area contributed by atoms with E-state index in [1.54, 1.807) is 18.0 Å². The molecular formula is C8H12N2S. The summed E-state index contributed by atoms with van der Waals surface area (Å²) in [5.41, 5.74) is 6.21. The summed E-state index contributed by atoms with van der Waals surface area (Å²) in [5, 5.41) is 1.61. The van der Waals surface area contributed by atoms with Gasteiger partial charge in [0.05, 0.1) is 16.9 Å². The summed E-state index contributed by atoms with van der Waals surface area (Å²) in [7, 11) is 0. The number of pyridine rings is 1. The molecule has 1 heterocycles. The molecule has 0 aromatic carbocycles. The van der Waals surface area contributed by atoms with Gasteiger partial charge in [-0.3, -0.25) is 0 Å². The van der Waals surface area contributed by atoms with Crippen LogP contribution in [-0.4, -0.2) is 10.2 Å². The highest BCUT2D eigenvalue weighted by Gasteiger charge is 1.97. The molecule has 2 N–H and O–H groups in total. The quantitative estimate of drug-likeness (QED) is 0.688. The van der Waals surface area contributed by atoms with Crippen LogP contribution in [-0.2, 0) is 0 Å². The van der Waals surface area contributed by atoms with E-state index >= 15 is 0 Å². The maximum Gasteiger partial charge on any atom is 0.0963 e. The SMILES string of the molecule is CC(C)Sc1ccc(N)cn1. The normalized spacial score (nSPS) is 10.5. The minimum Gasteiger partial charge on any atom is -0.397 e. The van der Waals surface area contributed by atoms with Crippen LogP contribution < -0.4 is 5.73 Å². The highest BCUT2D eigenvalue weighted by molar-refractivity contribution is 7.99. The smallest absolute Gasteiger partial charge is 0.0963 e. The van der Waals surface area contributed by atoms with Crippen molar-refractivity contribution in [3.05, 3.63) is 18.3 Å². The number of nitrogens with zero attached hydrogens (tertiary/aromatic N) is 1. The molecule has 11 heavy (non-hydrogen) atoms. The predicted molar refractivity (Wildman–Crippen MR) is 49.6 cm³/mol. The fraction of sp³-hybridized carbons (Fsp3) is 0.375. The van der Waals surface area contributed by atoms with Gasteiger partial charge in [0.2, 0.25) is 0 Å². The van der Waals surface area contributed by atoms with Crippen LogP contribution in [0, 0.1) is 0 Å². The van der Waals surface area contributed by atoms with Gasteiger partial charge in [0, 0.05) is 5.25 Å². The zero-order chi connectivity index (χ0) is 8.27. The molecule has 1 aromatic heterocycles. The van der Waals surface area contributed by atoms with Crippen LogP contribution in [0.1, 0.15) is 13.8 Å². The maximum absolute atomic E-state index is 5.49. The van der Waals surface area contributed by atoms with E-state index in [0.29, 0.717) is 5.25 Å². The Bertz CT molecular complexity index is 218. The number of aromatic nitrogens is 1. The lowest BCUT2D eigenvalue weighted by molar-refractivity contribution is 1.07. The van der Waals surface area contributed by atoms with Gasteiger partial charge in [0.15, 0.2) is 0 Å². The topological polar surface area (TPSA) is 38.9 Å². The number of thioether (sulfide) groups is 1. The predicted octanol–water partition coefficient (Wildman–Crippen LogP) is 2.16. The average molecular weight is 168 g/mol. The molecule has 0 amide bonds. The lowest BCUT2D eigenvalue weighted by atomic mass is 10.4. The standard InChI is InChI=1S/C8H12N2S/c1-6(2)11-8-4-3-7(9)5-10-8/h3-6H,9H2,1-2H3. The van der Waals surface area contributed by atoms with Crippen LogP contribution in [0.15, 0.2) is 23.4 Å². The molecule has 0 atom stereocenters. The summed E-state index contributed by atoms with van der Waals surface area (Å²) in [6, 6.07) is 3.82. The molecule has 3 heteroatoms. The molecule has 0 bridgehead atoms. The minimum atomic E-state index is 0.575. The van der Waals surface area contributed by atoms with Gasteiger partial charge >= 0.3 is 0 Å². The Hall–Kier alpha value is -0.700. The van der Waals surface area contributed by atoms with E-state index in [1.807, 2.05) is 12.1 Å². The largest absolute Gasteiger partial charge is 0.397 e. The number of nitrogen functional groups attached to an aromatic ring is 1. The van der Waals surface area contributed by atoms with Crippen LogP contribution in [0.5, 0.6) is 0 Å². The Morgan fingerprint density at radius 2 is 2.18 bits per heavy atom. The first kappa shape index (κ1) is 8.40. The van der Waals surface area contributed by atoms with Crippen molar-refractivity contribution in [1.82, 2.24) is 4.98 Å². The van der Waals surface area contributed by atoms with E-state index in [1.165, 1.54) is 0 Å². The number of hydrogen-bond acceptors (Lipinski definition) is 3. The van der Waals surface area contributed by atoms with Gasteiger partial charge in [0.25, 0.3) is 0 Å². The molecule has 0 aliphatic heterocycles. The molecule has 60 valence electrons. The van der Waals surface area contributed by atoms with Crippen molar-refractivity contribution in [2.45, 2.75) is 24.1 Å². The van der Waals surface area contributed by atoms with Crippen LogP contribution >= 0.6 is 11.8 Å². The summed E-state index contributed by atoms with van der Waals surface area (Å²) < 4.78 is 0. The van der Waals surface area contributed by atoms with E-state index in [2.05, 4.69) is 18.8 Å². The third-order valence-electron chi connectivity index (χ3n) is 1.12. The van der Waals surface area contributed by atoms with Gasteiger partial charge in [-0.2, -0.15) is 0 Å². The van der Waals surface area contributed by atoms with E-state index in [-0.39, 0.29) is 0 Å². The van der Waals surface area contributed by atoms with Crippen molar-refractivity contribution in [2.75, 3.05) is 5.73 Å². The Morgan fingerprint density at radius 3 is 2.64 bits per heavy atom. The Kier molecular flexibility index (Phi) is 2.76.